The van der Waals surface area contributed by atoms with E-state index in [-0.39, 0.29) is 11.7 Å². The molecule has 17 heavy (non-hydrogen) atoms. The molecule has 4 nitrogen and oxygen atoms in total. The van der Waals surface area contributed by atoms with Gasteiger partial charge in [-0.15, -0.1) is 0 Å². The van der Waals surface area contributed by atoms with Crippen LogP contribution in [0.25, 0.3) is 0 Å². The van der Waals surface area contributed by atoms with Crippen LogP contribution in [0, 0.1) is 0 Å². The number of fused-ring (bicyclic) bond motifs is 1. The Hall–Kier alpha value is -2.10. The van der Waals surface area contributed by atoms with Crippen molar-refractivity contribution >= 4 is 17.4 Å². The Bertz CT molecular complexity index is 493. The average molecular weight is 231 g/mol. The second-order valence-corrected chi connectivity index (χ2v) is 3.80. The maximum absolute atomic E-state index is 11.7. The molecule has 0 aliphatic carbocycles. The molecule has 1 heterocycles. The molecule has 2 rings (SSSR count). The number of nitrogens with zero attached hydrogens (tertiary/aromatic N) is 1. The van der Waals surface area contributed by atoms with Gasteiger partial charge in [0.15, 0.2) is 5.78 Å². The standard InChI is InChI=1S/C13H13NO3/c1-3-11(15)9-4-5-12-10(8-9)14(2)13(16)6-7-17-12/h3-5,8H,1,6-7H2,2H3. The second kappa shape index (κ2) is 4.41. The molecule has 0 unspecified atom stereocenters. The van der Waals surface area contributed by atoms with Crippen LogP contribution in [0.15, 0.2) is 30.9 Å². The number of allylic oxidation sites excluding steroid dienone is 1. The quantitative estimate of drug-likeness (QED) is 0.576. The van der Waals surface area contributed by atoms with Crippen molar-refractivity contribution in [1.29, 1.82) is 0 Å². The summed E-state index contributed by atoms with van der Waals surface area (Å²) >= 11 is 0. The van der Waals surface area contributed by atoms with Gasteiger partial charge >= 0.3 is 0 Å². The summed E-state index contributed by atoms with van der Waals surface area (Å²) in [6, 6.07) is 5.04. The van der Waals surface area contributed by atoms with Gasteiger partial charge in [-0.25, -0.2) is 0 Å². The van der Waals surface area contributed by atoms with E-state index in [9.17, 15) is 9.59 Å². The molecule has 0 N–H and O–H groups in total. The van der Waals surface area contributed by atoms with Gasteiger partial charge < -0.3 is 9.64 Å². The van der Waals surface area contributed by atoms with E-state index in [4.69, 9.17) is 4.74 Å². The molecule has 1 amide bonds. The summed E-state index contributed by atoms with van der Waals surface area (Å²) in [5.74, 6) is 0.434. The number of ketones is 1. The molecule has 0 bridgehead atoms. The van der Waals surface area contributed by atoms with Crippen molar-refractivity contribution in [3.05, 3.63) is 36.4 Å². The number of hydrogen-bond acceptors (Lipinski definition) is 3. The van der Waals surface area contributed by atoms with E-state index in [0.29, 0.717) is 30.0 Å². The number of carbonyl (C=O) groups excluding carboxylic acids is 2. The lowest BCUT2D eigenvalue weighted by Crippen LogP contribution is -2.25. The normalized spacial score (nSPS) is 14.6. The summed E-state index contributed by atoms with van der Waals surface area (Å²) in [6.45, 7) is 3.81. The minimum Gasteiger partial charge on any atom is -0.491 e. The minimum absolute atomic E-state index is 0.0213. The van der Waals surface area contributed by atoms with Gasteiger partial charge in [-0.3, -0.25) is 9.59 Å². The molecule has 1 aromatic carbocycles. The minimum atomic E-state index is -0.169. The van der Waals surface area contributed by atoms with Gasteiger partial charge in [0.25, 0.3) is 0 Å². The third-order valence-corrected chi connectivity index (χ3v) is 2.74. The highest BCUT2D eigenvalue weighted by Gasteiger charge is 2.20. The molecular weight excluding hydrogens is 218 g/mol. The van der Waals surface area contributed by atoms with Gasteiger partial charge in [0.2, 0.25) is 5.91 Å². The number of carbonyl (C=O) groups is 2. The Labute approximate surface area is 99.5 Å². The van der Waals surface area contributed by atoms with Crippen LogP contribution in [0.1, 0.15) is 16.8 Å². The molecule has 1 aromatic rings. The number of hydrogen-bond donors (Lipinski definition) is 0. The smallest absolute Gasteiger partial charge is 0.230 e. The van der Waals surface area contributed by atoms with Gasteiger partial charge in [0.05, 0.1) is 18.7 Å². The maximum atomic E-state index is 11.7. The largest absolute Gasteiger partial charge is 0.491 e. The molecule has 0 fully saturated rings. The van der Waals surface area contributed by atoms with Crippen LogP contribution in [-0.2, 0) is 4.79 Å². The third kappa shape index (κ3) is 2.06. The van der Waals surface area contributed by atoms with E-state index in [1.807, 2.05) is 0 Å². The monoisotopic (exact) mass is 231 g/mol. The first-order valence-corrected chi connectivity index (χ1v) is 5.33. The molecular formula is C13H13NO3. The highest BCUT2D eigenvalue weighted by Crippen LogP contribution is 2.31. The second-order valence-electron chi connectivity index (χ2n) is 3.80. The molecule has 88 valence electrons. The lowest BCUT2D eigenvalue weighted by atomic mass is 10.1. The molecule has 1 aliphatic heterocycles. The fourth-order valence-corrected chi connectivity index (χ4v) is 1.72. The molecule has 1 aliphatic rings. The Morgan fingerprint density at radius 2 is 2.29 bits per heavy atom. The van der Waals surface area contributed by atoms with E-state index in [1.54, 1.807) is 25.2 Å². The van der Waals surface area contributed by atoms with Crippen molar-refractivity contribution in [2.45, 2.75) is 6.42 Å². The fourth-order valence-electron chi connectivity index (χ4n) is 1.72. The topological polar surface area (TPSA) is 46.6 Å². The number of anilines is 1. The van der Waals surface area contributed by atoms with Gasteiger partial charge in [-0.2, -0.15) is 0 Å². The zero-order chi connectivity index (χ0) is 12.4. The first kappa shape index (κ1) is 11.4. The van der Waals surface area contributed by atoms with Crippen molar-refractivity contribution in [3.63, 3.8) is 0 Å². The number of ether oxygens (including phenoxy) is 1. The van der Waals surface area contributed by atoms with E-state index < -0.39 is 0 Å². The highest BCUT2D eigenvalue weighted by molar-refractivity contribution is 6.06. The van der Waals surface area contributed by atoms with Gasteiger partial charge in [-0.1, -0.05) is 6.58 Å². The molecule has 0 atom stereocenters. The van der Waals surface area contributed by atoms with E-state index in [0.717, 1.165) is 0 Å². The number of benzene rings is 1. The molecule has 0 aromatic heterocycles. The van der Waals surface area contributed by atoms with Crippen LogP contribution < -0.4 is 9.64 Å². The van der Waals surface area contributed by atoms with E-state index in [2.05, 4.69) is 6.58 Å². The van der Waals surface area contributed by atoms with Crippen molar-refractivity contribution in [2.75, 3.05) is 18.6 Å². The van der Waals surface area contributed by atoms with Crippen LogP contribution in [0.3, 0.4) is 0 Å². The first-order valence-electron chi connectivity index (χ1n) is 5.33. The summed E-state index contributed by atoms with van der Waals surface area (Å²) in [7, 11) is 1.68. The summed E-state index contributed by atoms with van der Waals surface area (Å²) in [4.78, 5) is 24.7. The van der Waals surface area contributed by atoms with Crippen molar-refractivity contribution in [1.82, 2.24) is 0 Å². The van der Waals surface area contributed by atoms with E-state index >= 15 is 0 Å². The van der Waals surface area contributed by atoms with Gasteiger partial charge in [0, 0.05) is 12.6 Å². The maximum Gasteiger partial charge on any atom is 0.230 e. The Morgan fingerprint density at radius 1 is 1.53 bits per heavy atom. The third-order valence-electron chi connectivity index (χ3n) is 2.74. The number of amides is 1. The summed E-state index contributed by atoms with van der Waals surface area (Å²) in [5, 5.41) is 0. The van der Waals surface area contributed by atoms with Crippen molar-refractivity contribution < 1.29 is 14.3 Å². The number of rotatable bonds is 2. The Kier molecular flexibility index (Phi) is 2.95. The predicted molar refractivity (Wildman–Crippen MR) is 64.5 cm³/mol. The Balaban J connectivity index is 2.48. The SMILES string of the molecule is C=CC(=O)c1ccc2c(c1)N(C)C(=O)CCO2. The summed E-state index contributed by atoms with van der Waals surface area (Å²) in [6.07, 6.45) is 1.59. The van der Waals surface area contributed by atoms with E-state index in [1.165, 1.54) is 11.0 Å². The van der Waals surface area contributed by atoms with Crippen LogP contribution in [0.5, 0.6) is 5.75 Å². The average Bonchev–Trinajstić information content (AvgIpc) is 2.49. The molecule has 4 heteroatoms. The van der Waals surface area contributed by atoms with Crippen LogP contribution in [0.2, 0.25) is 0 Å². The predicted octanol–water partition coefficient (Wildman–Crippen LogP) is 1.80. The zero-order valence-electron chi connectivity index (χ0n) is 9.60. The van der Waals surface area contributed by atoms with Crippen LogP contribution in [-0.4, -0.2) is 25.3 Å². The van der Waals surface area contributed by atoms with Gasteiger partial charge in [-0.05, 0) is 24.3 Å². The summed E-state index contributed by atoms with van der Waals surface area (Å²) in [5.41, 5.74) is 1.13. The van der Waals surface area contributed by atoms with Crippen molar-refractivity contribution in [3.8, 4) is 5.75 Å². The van der Waals surface area contributed by atoms with Crippen LogP contribution in [0.4, 0.5) is 5.69 Å². The Morgan fingerprint density at radius 3 is 3.00 bits per heavy atom. The summed E-state index contributed by atoms with van der Waals surface area (Å²) < 4.78 is 5.46. The molecule has 0 saturated heterocycles. The lowest BCUT2D eigenvalue weighted by Gasteiger charge is -2.16. The molecule has 0 saturated carbocycles. The lowest BCUT2D eigenvalue weighted by molar-refractivity contribution is -0.118. The van der Waals surface area contributed by atoms with Crippen LogP contribution >= 0.6 is 0 Å². The molecule has 0 spiro atoms. The first-order chi connectivity index (χ1) is 8.13. The highest BCUT2D eigenvalue weighted by atomic mass is 16.5. The zero-order valence-corrected chi connectivity index (χ0v) is 9.60. The van der Waals surface area contributed by atoms with Crippen molar-refractivity contribution in [2.24, 2.45) is 0 Å². The fraction of sp³-hybridized carbons (Fsp3) is 0.231. The van der Waals surface area contributed by atoms with Gasteiger partial charge in [0.1, 0.15) is 5.75 Å². The molecule has 0 radical (unpaired) electrons.